The fraction of sp³-hybridized carbons (Fsp3) is 0.654. The van der Waals surface area contributed by atoms with E-state index in [1.54, 1.807) is 18.9 Å². The van der Waals surface area contributed by atoms with Crippen molar-refractivity contribution < 1.29 is 19.1 Å². The second kappa shape index (κ2) is 8.20. The summed E-state index contributed by atoms with van der Waals surface area (Å²) in [6.07, 6.45) is 7.36. The molecule has 1 heterocycles. The Bertz CT molecular complexity index is 863. The number of likely N-dealkylation sites (N-methyl/N-ethyl adjacent to an activating group) is 1. The number of likely N-dealkylation sites (tertiary alicyclic amines) is 1. The summed E-state index contributed by atoms with van der Waals surface area (Å²) in [7, 11) is 1.68. The summed E-state index contributed by atoms with van der Waals surface area (Å²) in [5.41, 5.74) is 0.493. The van der Waals surface area contributed by atoms with Crippen LogP contribution in [-0.4, -0.2) is 48.4 Å². The van der Waals surface area contributed by atoms with E-state index in [0.29, 0.717) is 30.7 Å². The molecular weight excluding hydrogens is 404 g/mol. The molecule has 0 spiro atoms. The van der Waals surface area contributed by atoms with Crippen LogP contribution in [0.5, 0.6) is 0 Å². The molecule has 172 valence electrons. The van der Waals surface area contributed by atoms with Crippen LogP contribution >= 0.6 is 0 Å². The maximum absolute atomic E-state index is 13.8. The molecule has 5 fully saturated rings. The van der Waals surface area contributed by atoms with E-state index >= 15 is 0 Å². The summed E-state index contributed by atoms with van der Waals surface area (Å²) >= 11 is 0. The standard InChI is InChI=1S/C26H34N2O4/c1-17(23(29)27(2)21-7-4-3-5-8-21)32-24(30)22-9-6-10-28(22)25(31)26-14-18-11-19(15-26)13-20(12-18)16-26/h3-5,7-8,17-20,22H,6,9-16H2,1-2H3/t17-,18?,19?,20?,22-,26?/m1/s1. The lowest BCUT2D eigenvalue weighted by Gasteiger charge is -2.56. The van der Waals surface area contributed by atoms with Gasteiger partial charge in [-0.1, -0.05) is 18.2 Å². The van der Waals surface area contributed by atoms with Crippen molar-refractivity contribution in [2.45, 2.75) is 70.4 Å². The lowest BCUT2D eigenvalue weighted by molar-refractivity contribution is -0.168. The van der Waals surface area contributed by atoms with Crippen molar-refractivity contribution in [3.8, 4) is 0 Å². The number of esters is 1. The Labute approximate surface area is 190 Å². The van der Waals surface area contributed by atoms with Crippen LogP contribution < -0.4 is 4.90 Å². The zero-order valence-electron chi connectivity index (χ0n) is 19.2. The number of benzene rings is 1. The molecule has 1 aromatic carbocycles. The topological polar surface area (TPSA) is 66.9 Å². The largest absolute Gasteiger partial charge is 0.451 e. The highest BCUT2D eigenvalue weighted by Gasteiger charge is 2.57. The first-order valence-electron chi connectivity index (χ1n) is 12.2. The Balaban J connectivity index is 1.25. The van der Waals surface area contributed by atoms with Gasteiger partial charge in [0.25, 0.3) is 5.91 Å². The predicted octanol–water partition coefficient (Wildman–Crippen LogP) is 3.79. The molecule has 2 amide bonds. The summed E-state index contributed by atoms with van der Waals surface area (Å²) in [6, 6.07) is 8.74. The highest BCUT2D eigenvalue weighted by atomic mass is 16.5. The van der Waals surface area contributed by atoms with Crippen LogP contribution in [0.25, 0.3) is 0 Å². The molecular formula is C26H34N2O4. The van der Waals surface area contributed by atoms with Crippen molar-refractivity contribution in [2.75, 3.05) is 18.5 Å². The molecule has 4 saturated carbocycles. The van der Waals surface area contributed by atoms with Crippen molar-refractivity contribution in [3.63, 3.8) is 0 Å². The predicted molar refractivity (Wildman–Crippen MR) is 121 cm³/mol. The molecule has 0 unspecified atom stereocenters. The van der Waals surface area contributed by atoms with Gasteiger partial charge in [-0.05, 0) is 88.2 Å². The Hall–Kier alpha value is -2.37. The van der Waals surface area contributed by atoms with Crippen molar-refractivity contribution in [3.05, 3.63) is 30.3 Å². The number of carbonyl (C=O) groups is 3. The number of nitrogens with zero attached hydrogens (tertiary/aromatic N) is 2. The van der Waals surface area contributed by atoms with Crippen molar-refractivity contribution in [1.82, 2.24) is 4.90 Å². The Kier molecular flexibility index (Phi) is 5.50. The highest BCUT2D eigenvalue weighted by Crippen LogP contribution is 2.60. The minimum atomic E-state index is -0.898. The van der Waals surface area contributed by atoms with Crippen LogP contribution in [0.4, 0.5) is 5.69 Å². The van der Waals surface area contributed by atoms with Gasteiger partial charge in [-0.3, -0.25) is 9.59 Å². The summed E-state index contributed by atoms with van der Waals surface area (Å²) in [4.78, 5) is 43.0. The van der Waals surface area contributed by atoms with Gasteiger partial charge in [-0.2, -0.15) is 0 Å². The minimum Gasteiger partial charge on any atom is -0.451 e. The van der Waals surface area contributed by atoms with E-state index in [1.807, 2.05) is 30.3 Å². The zero-order chi connectivity index (χ0) is 22.5. The molecule has 6 nitrogen and oxygen atoms in total. The summed E-state index contributed by atoms with van der Waals surface area (Å²) in [6.45, 7) is 2.23. The number of hydrogen-bond donors (Lipinski definition) is 0. The van der Waals surface area contributed by atoms with Crippen LogP contribution in [0.15, 0.2) is 30.3 Å². The van der Waals surface area contributed by atoms with Gasteiger partial charge in [0, 0.05) is 19.3 Å². The lowest BCUT2D eigenvalue weighted by atomic mass is 9.49. The van der Waals surface area contributed by atoms with Crippen LogP contribution in [0.1, 0.15) is 58.3 Å². The van der Waals surface area contributed by atoms with E-state index in [4.69, 9.17) is 4.74 Å². The average Bonchev–Trinajstić information content (AvgIpc) is 3.27. The molecule has 4 aliphatic carbocycles. The Morgan fingerprint density at radius 1 is 1.03 bits per heavy atom. The average molecular weight is 439 g/mol. The minimum absolute atomic E-state index is 0.177. The third kappa shape index (κ3) is 3.71. The molecule has 2 atom stereocenters. The molecule has 6 rings (SSSR count). The first-order chi connectivity index (χ1) is 15.4. The summed E-state index contributed by atoms with van der Waals surface area (Å²) in [5, 5.41) is 0. The number of anilines is 1. The number of rotatable bonds is 5. The van der Waals surface area contributed by atoms with Gasteiger partial charge in [0.2, 0.25) is 5.91 Å². The quantitative estimate of drug-likeness (QED) is 0.656. The number of amides is 2. The molecule has 1 aromatic rings. The molecule has 6 heteroatoms. The smallest absolute Gasteiger partial charge is 0.329 e. The lowest BCUT2D eigenvalue weighted by Crippen LogP contribution is -2.56. The van der Waals surface area contributed by atoms with Gasteiger partial charge in [0.05, 0.1) is 5.41 Å². The highest BCUT2D eigenvalue weighted by molar-refractivity contribution is 5.97. The molecule has 0 N–H and O–H groups in total. The van der Waals surface area contributed by atoms with Gasteiger partial charge in [-0.25, -0.2) is 4.79 Å². The van der Waals surface area contributed by atoms with Crippen molar-refractivity contribution in [2.24, 2.45) is 23.2 Å². The maximum Gasteiger partial charge on any atom is 0.329 e. The number of hydrogen-bond acceptors (Lipinski definition) is 4. The third-order valence-corrected chi connectivity index (χ3v) is 8.39. The van der Waals surface area contributed by atoms with E-state index < -0.39 is 18.1 Å². The van der Waals surface area contributed by atoms with Gasteiger partial charge >= 0.3 is 5.97 Å². The van der Waals surface area contributed by atoms with Gasteiger partial charge in [0.15, 0.2) is 6.10 Å². The Morgan fingerprint density at radius 2 is 1.62 bits per heavy atom. The second-order valence-corrected chi connectivity index (χ2v) is 10.7. The molecule has 0 aromatic heterocycles. The van der Waals surface area contributed by atoms with Crippen LogP contribution in [0, 0.1) is 23.2 Å². The normalized spacial score (nSPS) is 33.8. The van der Waals surface area contributed by atoms with Crippen LogP contribution in [0.2, 0.25) is 0 Å². The van der Waals surface area contributed by atoms with Crippen molar-refractivity contribution >= 4 is 23.5 Å². The number of carbonyl (C=O) groups excluding carboxylic acids is 3. The van der Waals surface area contributed by atoms with E-state index in [2.05, 4.69) is 0 Å². The molecule has 1 aliphatic heterocycles. The van der Waals surface area contributed by atoms with E-state index in [1.165, 1.54) is 24.2 Å². The second-order valence-electron chi connectivity index (χ2n) is 10.7. The Morgan fingerprint density at radius 3 is 2.22 bits per heavy atom. The molecule has 32 heavy (non-hydrogen) atoms. The summed E-state index contributed by atoms with van der Waals surface area (Å²) < 4.78 is 5.61. The zero-order valence-corrected chi connectivity index (χ0v) is 19.2. The van der Waals surface area contributed by atoms with E-state index in [-0.39, 0.29) is 17.2 Å². The maximum atomic E-state index is 13.8. The van der Waals surface area contributed by atoms with Gasteiger partial charge in [0.1, 0.15) is 6.04 Å². The number of ether oxygens (including phenoxy) is 1. The molecule has 0 radical (unpaired) electrons. The van der Waals surface area contributed by atoms with E-state index in [0.717, 1.165) is 31.4 Å². The van der Waals surface area contributed by atoms with E-state index in [9.17, 15) is 14.4 Å². The SMILES string of the molecule is C[C@@H](OC(=O)[C@H]1CCCN1C(=O)C12CC3CC(CC(C3)C1)C2)C(=O)N(C)c1ccccc1. The molecule has 1 saturated heterocycles. The molecule has 4 bridgehead atoms. The van der Waals surface area contributed by atoms with Crippen molar-refractivity contribution in [1.29, 1.82) is 0 Å². The first-order valence-corrected chi connectivity index (χ1v) is 12.2. The fourth-order valence-corrected chi connectivity index (χ4v) is 7.29. The van der Waals surface area contributed by atoms with Crippen LogP contribution in [-0.2, 0) is 19.1 Å². The monoisotopic (exact) mass is 438 g/mol. The van der Waals surface area contributed by atoms with Gasteiger partial charge < -0.3 is 14.5 Å². The molecule has 5 aliphatic rings. The fourth-order valence-electron chi connectivity index (χ4n) is 7.29. The summed E-state index contributed by atoms with van der Waals surface area (Å²) in [5.74, 6) is 1.51. The van der Waals surface area contributed by atoms with Crippen LogP contribution in [0.3, 0.4) is 0 Å². The number of para-hydroxylation sites is 1. The third-order valence-electron chi connectivity index (χ3n) is 8.39. The first kappa shape index (κ1) is 21.5. The van der Waals surface area contributed by atoms with Gasteiger partial charge in [-0.15, -0.1) is 0 Å².